The molecule has 1 fully saturated rings. The Hall–Kier alpha value is -1.98. The van der Waals surface area contributed by atoms with Crippen LogP contribution in [0.15, 0.2) is 35.7 Å². The number of aliphatic hydroxyl groups is 1. The zero-order valence-corrected chi connectivity index (χ0v) is 14.5. The molecule has 0 bridgehead atoms. The van der Waals surface area contributed by atoms with Crippen LogP contribution < -0.4 is 5.32 Å². The molecule has 2 atom stereocenters. The van der Waals surface area contributed by atoms with Gasteiger partial charge in [0.05, 0.1) is 17.5 Å². The molecule has 2 N–H and O–H groups in total. The predicted molar refractivity (Wildman–Crippen MR) is 99.5 cm³/mol. The second-order valence-electron chi connectivity index (χ2n) is 6.42. The van der Waals surface area contributed by atoms with Gasteiger partial charge in [0.1, 0.15) is 16.5 Å². The molecule has 4 nitrogen and oxygen atoms in total. The number of fused-ring (bicyclic) bond motifs is 1. The van der Waals surface area contributed by atoms with Crippen molar-refractivity contribution in [1.82, 2.24) is 9.97 Å². The lowest BCUT2D eigenvalue weighted by Crippen LogP contribution is -2.36. The van der Waals surface area contributed by atoms with E-state index in [-0.39, 0.29) is 12.1 Å². The van der Waals surface area contributed by atoms with Crippen molar-refractivity contribution in [2.75, 3.05) is 5.32 Å². The minimum absolute atomic E-state index is 0.0692. The van der Waals surface area contributed by atoms with Crippen molar-refractivity contribution in [3.05, 3.63) is 41.5 Å². The summed E-state index contributed by atoms with van der Waals surface area (Å²) in [6, 6.07) is 10.4. The average Bonchev–Trinajstić information content (AvgIpc) is 3.01. The first-order valence-electron chi connectivity index (χ1n) is 8.48. The fraction of sp³-hybridized carbons (Fsp3) is 0.368. The highest BCUT2D eigenvalue weighted by Crippen LogP contribution is 2.37. The smallest absolute Gasteiger partial charge is 0.139 e. The van der Waals surface area contributed by atoms with Crippen LogP contribution in [0.2, 0.25) is 0 Å². The van der Waals surface area contributed by atoms with E-state index in [4.69, 9.17) is 0 Å². The summed E-state index contributed by atoms with van der Waals surface area (Å²) in [6.07, 6.45) is 3.79. The number of aryl methyl sites for hydroxylation is 1. The molecular formula is C19H21N3OS. The topological polar surface area (TPSA) is 58.0 Å². The fourth-order valence-corrected chi connectivity index (χ4v) is 4.43. The summed E-state index contributed by atoms with van der Waals surface area (Å²) < 4.78 is 0. The molecule has 2 unspecified atom stereocenters. The van der Waals surface area contributed by atoms with Crippen LogP contribution in [0.4, 0.5) is 5.82 Å². The lowest BCUT2D eigenvalue weighted by atomic mass is 9.92. The molecule has 1 aromatic carbocycles. The molecule has 3 aromatic rings. The lowest BCUT2D eigenvalue weighted by molar-refractivity contribution is 0.116. The van der Waals surface area contributed by atoms with Crippen LogP contribution in [0.1, 0.15) is 31.5 Å². The molecule has 5 heteroatoms. The van der Waals surface area contributed by atoms with E-state index in [9.17, 15) is 5.11 Å². The summed E-state index contributed by atoms with van der Waals surface area (Å²) in [6.45, 7) is 1.92. The molecule has 2 heterocycles. The number of aliphatic hydroxyl groups excluding tert-OH is 1. The maximum Gasteiger partial charge on any atom is 0.139 e. The quantitative estimate of drug-likeness (QED) is 0.743. The van der Waals surface area contributed by atoms with Gasteiger partial charge in [-0.1, -0.05) is 43.2 Å². The highest BCUT2D eigenvalue weighted by Gasteiger charge is 2.25. The maximum atomic E-state index is 10.3. The Morgan fingerprint density at radius 1 is 1.12 bits per heavy atom. The van der Waals surface area contributed by atoms with Gasteiger partial charge in [0.15, 0.2) is 0 Å². The van der Waals surface area contributed by atoms with Crippen LogP contribution in [0, 0.1) is 6.92 Å². The van der Waals surface area contributed by atoms with Crippen molar-refractivity contribution >= 4 is 27.4 Å². The van der Waals surface area contributed by atoms with Crippen molar-refractivity contribution in [2.45, 2.75) is 44.8 Å². The van der Waals surface area contributed by atoms with Gasteiger partial charge in [0.2, 0.25) is 0 Å². The van der Waals surface area contributed by atoms with Crippen LogP contribution in [-0.2, 0) is 0 Å². The number of hydrogen-bond donors (Lipinski definition) is 2. The molecule has 0 radical (unpaired) electrons. The number of anilines is 1. The van der Waals surface area contributed by atoms with E-state index in [1.165, 1.54) is 5.56 Å². The van der Waals surface area contributed by atoms with Crippen LogP contribution in [0.3, 0.4) is 0 Å². The summed E-state index contributed by atoms with van der Waals surface area (Å²) in [5.41, 5.74) is 2.33. The molecule has 0 spiro atoms. The summed E-state index contributed by atoms with van der Waals surface area (Å²) in [4.78, 5) is 10.3. The largest absolute Gasteiger partial charge is 0.391 e. The summed E-state index contributed by atoms with van der Waals surface area (Å²) in [5, 5.41) is 17.0. The van der Waals surface area contributed by atoms with Gasteiger partial charge in [0.25, 0.3) is 0 Å². The van der Waals surface area contributed by atoms with Crippen LogP contribution in [0.25, 0.3) is 21.3 Å². The number of hydrogen-bond acceptors (Lipinski definition) is 5. The molecule has 24 heavy (non-hydrogen) atoms. The monoisotopic (exact) mass is 339 g/mol. The van der Waals surface area contributed by atoms with Gasteiger partial charge >= 0.3 is 0 Å². The van der Waals surface area contributed by atoms with Crippen molar-refractivity contribution < 1.29 is 5.11 Å². The van der Waals surface area contributed by atoms with Gasteiger partial charge in [-0.2, -0.15) is 0 Å². The SMILES string of the molecule is Cc1nc(NC2CCCCC2O)c2c(-c3ccccc3)csc2n1. The first kappa shape index (κ1) is 15.5. The number of benzene rings is 1. The minimum atomic E-state index is -0.303. The van der Waals surface area contributed by atoms with Crippen LogP contribution in [0.5, 0.6) is 0 Å². The van der Waals surface area contributed by atoms with Crippen LogP contribution in [-0.4, -0.2) is 27.2 Å². The molecule has 1 aliphatic rings. The number of aromatic nitrogens is 2. The van der Waals surface area contributed by atoms with Crippen molar-refractivity contribution in [2.24, 2.45) is 0 Å². The third-order valence-electron chi connectivity index (χ3n) is 4.68. The van der Waals surface area contributed by atoms with Gasteiger partial charge in [-0.05, 0) is 25.3 Å². The Labute approximate surface area is 145 Å². The normalized spacial score (nSPS) is 21.1. The first-order valence-corrected chi connectivity index (χ1v) is 9.36. The third-order valence-corrected chi connectivity index (χ3v) is 5.55. The molecule has 4 rings (SSSR count). The number of rotatable bonds is 3. The zero-order valence-electron chi connectivity index (χ0n) is 13.7. The third kappa shape index (κ3) is 2.89. The molecule has 1 saturated carbocycles. The summed E-state index contributed by atoms with van der Waals surface area (Å²) >= 11 is 1.65. The second kappa shape index (κ2) is 6.49. The Bertz CT molecular complexity index is 846. The van der Waals surface area contributed by atoms with Crippen LogP contribution >= 0.6 is 11.3 Å². The van der Waals surface area contributed by atoms with Crippen molar-refractivity contribution in [1.29, 1.82) is 0 Å². The maximum absolute atomic E-state index is 10.3. The molecule has 2 aromatic heterocycles. The summed E-state index contributed by atoms with van der Waals surface area (Å²) in [5.74, 6) is 1.61. The Kier molecular flexibility index (Phi) is 4.21. The van der Waals surface area contributed by atoms with E-state index >= 15 is 0 Å². The molecule has 124 valence electrons. The standard InChI is InChI=1S/C19H21N3OS/c1-12-20-18(22-15-9-5-6-10-16(15)23)17-14(11-24-19(17)21-12)13-7-3-2-4-8-13/h2-4,7-8,11,15-16,23H,5-6,9-10H2,1H3,(H,20,21,22). The fourth-order valence-electron chi connectivity index (χ4n) is 3.44. The number of thiophene rings is 1. The van der Waals surface area contributed by atoms with E-state index in [2.05, 4.69) is 32.8 Å². The zero-order chi connectivity index (χ0) is 16.5. The first-order chi connectivity index (χ1) is 11.7. The molecule has 1 aliphatic carbocycles. The molecule has 0 aliphatic heterocycles. The van der Waals surface area contributed by atoms with Gasteiger partial charge in [0, 0.05) is 10.9 Å². The van der Waals surface area contributed by atoms with Crippen molar-refractivity contribution in [3.63, 3.8) is 0 Å². The highest BCUT2D eigenvalue weighted by atomic mass is 32.1. The lowest BCUT2D eigenvalue weighted by Gasteiger charge is -2.29. The van der Waals surface area contributed by atoms with Gasteiger partial charge in [-0.3, -0.25) is 0 Å². The van der Waals surface area contributed by atoms with E-state index in [0.29, 0.717) is 0 Å². The van der Waals surface area contributed by atoms with E-state index < -0.39 is 0 Å². The minimum Gasteiger partial charge on any atom is -0.391 e. The van der Waals surface area contributed by atoms with Gasteiger partial charge in [-0.15, -0.1) is 11.3 Å². The number of nitrogens with zero attached hydrogens (tertiary/aromatic N) is 2. The van der Waals surface area contributed by atoms with Crippen molar-refractivity contribution in [3.8, 4) is 11.1 Å². The average molecular weight is 339 g/mol. The van der Waals surface area contributed by atoms with E-state index in [1.54, 1.807) is 11.3 Å². The molecule has 0 amide bonds. The summed E-state index contributed by atoms with van der Waals surface area (Å²) in [7, 11) is 0. The Morgan fingerprint density at radius 3 is 2.71 bits per heavy atom. The second-order valence-corrected chi connectivity index (χ2v) is 7.28. The van der Waals surface area contributed by atoms with E-state index in [0.717, 1.165) is 53.1 Å². The van der Waals surface area contributed by atoms with Gasteiger partial charge < -0.3 is 10.4 Å². The number of nitrogens with one attached hydrogen (secondary N) is 1. The predicted octanol–water partition coefficient (Wildman–Crippen LogP) is 4.38. The highest BCUT2D eigenvalue weighted by molar-refractivity contribution is 7.17. The Balaban J connectivity index is 1.80. The molecule has 0 saturated heterocycles. The Morgan fingerprint density at radius 2 is 1.92 bits per heavy atom. The molecular weight excluding hydrogens is 318 g/mol. The van der Waals surface area contributed by atoms with Gasteiger partial charge in [-0.25, -0.2) is 9.97 Å². The van der Waals surface area contributed by atoms with E-state index in [1.807, 2.05) is 25.1 Å².